The Kier molecular flexibility index (Phi) is 6.70. The van der Waals surface area contributed by atoms with Crippen LogP contribution in [0.5, 0.6) is 0 Å². The predicted molar refractivity (Wildman–Crippen MR) is 150 cm³/mol. The van der Waals surface area contributed by atoms with E-state index in [0.717, 1.165) is 22.3 Å². The van der Waals surface area contributed by atoms with E-state index in [4.69, 9.17) is 27.7 Å². The van der Waals surface area contributed by atoms with Crippen molar-refractivity contribution in [1.82, 2.24) is 20.2 Å². The van der Waals surface area contributed by atoms with E-state index in [1.54, 1.807) is 36.0 Å². The van der Waals surface area contributed by atoms with E-state index >= 15 is 0 Å². The maximum atomic E-state index is 11.6. The minimum atomic E-state index is -1.12. The summed E-state index contributed by atoms with van der Waals surface area (Å²) in [4.78, 5) is 11.6. The molecule has 0 aliphatic heterocycles. The molecule has 6 rings (SSSR count). The molecule has 8 nitrogen and oxygen atoms in total. The van der Waals surface area contributed by atoms with Crippen LogP contribution in [0.3, 0.4) is 0 Å². The number of aliphatic carboxylic acids is 1. The number of carbonyl (C=O) groups is 1. The highest BCUT2D eigenvalue weighted by Gasteiger charge is 2.51. The standard InChI is InChI=1S/C30H24Cl2N4O4/c1-17-26(27(37)25-16-36(35-33-25)15-22-23(31)3-2-4-24(22)32)28(40-34-17)20-7-5-18(6-8-20)19-9-11-21(12-10-19)30(13-14-30)29(38)39/h2-12,16,27,37H,13-15H2,1H3,(H,38,39). The van der Waals surface area contributed by atoms with Crippen LogP contribution < -0.4 is 0 Å². The number of aliphatic hydroxyl groups excluding tert-OH is 1. The fourth-order valence-corrected chi connectivity index (χ4v) is 5.48. The zero-order chi connectivity index (χ0) is 28.0. The molecule has 1 aliphatic carbocycles. The van der Waals surface area contributed by atoms with E-state index < -0.39 is 17.5 Å². The van der Waals surface area contributed by atoms with Gasteiger partial charge in [0, 0.05) is 21.2 Å². The molecule has 0 saturated heterocycles. The molecule has 2 heterocycles. The monoisotopic (exact) mass is 574 g/mol. The number of aliphatic hydroxyl groups is 1. The van der Waals surface area contributed by atoms with E-state index in [0.29, 0.717) is 57.7 Å². The van der Waals surface area contributed by atoms with Crippen LogP contribution in [0.25, 0.3) is 22.5 Å². The SMILES string of the molecule is Cc1noc(-c2ccc(-c3ccc(C4(C(=O)O)CC4)cc3)cc2)c1C(O)c1cn(Cc2c(Cl)cccc2Cl)nn1. The molecule has 1 aliphatic rings. The predicted octanol–water partition coefficient (Wildman–Crippen LogP) is 6.46. The van der Waals surface area contributed by atoms with E-state index in [1.807, 2.05) is 48.5 Å². The van der Waals surface area contributed by atoms with E-state index in [-0.39, 0.29) is 0 Å². The van der Waals surface area contributed by atoms with E-state index in [1.165, 1.54) is 0 Å². The highest BCUT2D eigenvalue weighted by molar-refractivity contribution is 6.35. The number of rotatable bonds is 8. The van der Waals surface area contributed by atoms with Crippen molar-refractivity contribution in [3.63, 3.8) is 0 Å². The van der Waals surface area contributed by atoms with Crippen LogP contribution in [0.2, 0.25) is 10.0 Å². The maximum Gasteiger partial charge on any atom is 0.314 e. The second-order valence-corrected chi connectivity index (χ2v) is 10.8. The Bertz CT molecular complexity index is 1690. The lowest BCUT2D eigenvalue weighted by Gasteiger charge is -2.11. The largest absolute Gasteiger partial charge is 0.481 e. The minimum Gasteiger partial charge on any atom is -0.481 e. The molecule has 1 fully saturated rings. The van der Waals surface area contributed by atoms with Gasteiger partial charge in [-0.25, -0.2) is 4.68 Å². The lowest BCUT2D eigenvalue weighted by atomic mass is 9.93. The third-order valence-corrected chi connectivity index (χ3v) is 8.19. The zero-order valence-corrected chi connectivity index (χ0v) is 22.9. The lowest BCUT2D eigenvalue weighted by Crippen LogP contribution is -2.19. The Labute approximate surface area is 239 Å². The number of aryl methyl sites for hydroxylation is 1. The van der Waals surface area contributed by atoms with Crippen molar-refractivity contribution in [1.29, 1.82) is 0 Å². The van der Waals surface area contributed by atoms with E-state index in [2.05, 4.69) is 15.5 Å². The van der Waals surface area contributed by atoms with Crippen LogP contribution in [-0.4, -0.2) is 36.3 Å². The summed E-state index contributed by atoms with van der Waals surface area (Å²) < 4.78 is 7.20. The fraction of sp³-hybridized carbons (Fsp3) is 0.200. The molecule has 0 amide bonds. The Morgan fingerprint density at radius 3 is 2.20 bits per heavy atom. The summed E-state index contributed by atoms with van der Waals surface area (Å²) >= 11 is 12.6. The van der Waals surface area contributed by atoms with Crippen LogP contribution in [0.15, 0.2) is 77.4 Å². The van der Waals surface area contributed by atoms with Gasteiger partial charge in [0.15, 0.2) is 5.76 Å². The number of hydrogen-bond acceptors (Lipinski definition) is 6. The summed E-state index contributed by atoms with van der Waals surface area (Å²) in [7, 11) is 0. The lowest BCUT2D eigenvalue weighted by molar-refractivity contribution is -0.140. The first-order valence-corrected chi connectivity index (χ1v) is 13.4. The number of carboxylic acids is 1. The minimum absolute atomic E-state index is 0.299. The van der Waals surface area contributed by atoms with Crippen molar-refractivity contribution in [3.8, 4) is 22.5 Å². The van der Waals surface area contributed by atoms with Crippen molar-refractivity contribution in [2.45, 2.75) is 37.8 Å². The number of nitrogens with zero attached hydrogens (tertiary/aromatic N) is 4. The molecule has 3 aromatic carbocycles. The molecule has 5 aromatic rings. The van der Waals surface area contributed by atoms with Crippen molar-refractivity contribution in [3.05, 3.63) is 111 Å². The van der Waals surface area contributed by atoms with Crippen molar-refractivity contribution in [2.75, 3.05) is 0 Å². The highest BCUT2D eigenvalue weighted by atomic mass is 35.5. The summed E-state index contributed by atoms with van der Waals surface area (Å²) in [5.41, 5.74) is 4.88. The summed E-state index contributed by atoms with van der Waals surface area (Å²) in [6.45, 7) is 2.06. The van der Waals surface area contributed by atoms with Crippen molar-refractivity contribution >= 4 is 29.2 Å². The van der Waals surface area contributed by atoms with Gasteiger partial charge in [-0.2, -0.15) is 0 Å². The van der Waals surface area contributed by atoms with Gasteiger partial charge in [0.1, 0.15) is 11.8 Å². The second-order valence-electron chi connectivity index (χ2n) is 10.00. The number of carboxylic acid groups (broad SMARTS) is 1. The van der Waals surface area contributed by atoms with Crippen LogP contribution >= 0.6 is 23.2 Å². The van der Waals surface area contributed by atoms with Gasteiger partial charge in [-0.05, 0) is 48.6 Å². The summed E-state index contributed by atoms with van der Waals surface area (Å²) in [6, 6.07) is 20.7. The van der Waals surface area contributed by atoms with Crippen molar-refractivity contribution < 1.29 is 19.5 Å². The zero-order valence-electron chi connectivity index (χ0n) is 21.4. The number of aromatic nitrogens is 4. The summed E-state index contributed by atoms with van der Waals surface area (Å²) in [5, 5.41) is 34.3. The Balaban J connectivity index is 1.23. The van der Waals surface area contributed by atoms with Crippen LogP contribution in [0.4, 0.5) is 0 Å². The number of hydrogen-bond donors (Lipinski definition) is 2. The fourth-order valence-electron chi connectivity index (χ4n) is 4.96. The molecule has 0 spiro atoms. The average molecular weight is 575 g/mol. The summed E-state index contributed by atoms with van der Waals surface area (Å²) in [6.07, 6.45) is 1.87. The molecule has 10 heteroatoms. The van der Waals surface area contributed by atoms with Gasteiger partial charge in [0.05, 0.1) is 29.4 Å². The normalized spacial score (nSPS) is 14.7. The molecule has 0 radical (unpaired) electrons. The molecule has 202 valence electrons. The molecule has 40 heavy (non-hydrogen) atoms. The van der Waals surface area contributed by atoms with Crippen LogP contribution in [0, 0.1) is 6.92 Å². The second kappa shape index (κ2) is 10.2. The smallest absolute Gasteiger partial charge is 0.314 e. The maximum absolute atomic E-state index is 11.6. The van der Waals surface area contributed by atoms with Crippen LogP contribution in [0.1, 0.15) is 47.0 Å². The number of halogens is 2. The van der Waals surface area contributed by atoms with Crippen LogP contribution in [-0.2, 0) is 16.8 Å². The molecular weight excluding hydrogens is 551 g/mol. The van der Waals surface area contributed by atoms with Gasteiger partial charge in [-0.3, -0.25) is 4.79 Å². The molecule has 0 bridgehead atoms. The quantitative estimate of drug-likeness (QED) is 0.218. The average Bonchev–Trinajstić information content (AvgIpc) is 3.49. The number of benzene rings is 3. The Morgan fingerprint density at radius 2 is 1.60 bits per heavy atom. The van der Waals surface area contributed by atoms with Gasteiger partial charge >= 0.3 is 5.97 Å². The van der Waals surface area contributed by atoms with Crippen molar-refractivity contribution in [2.24, 2.45) is 0 Å². The third kappa shape index (κ3) is 4.68. The first-order valence-electron chi connectivity index (χ1n) is 12.7. The highest BCUT2D eigenvalue weighted by Crippen LogP contribution is 2.48. The Morgan fingerprint density at radius 1 is 1.00 bits per heavy atom. The molecule has 1 saturated carbocycles. The molecule has 1 unspecified atom stereocenters. The van der Waals surface area contributed by atoms with Gasteiger partial charge in [0.2, 0.25) is 0 Å². The molecule has 1 atom stereocenters. The third-order valence-electron chi connectivity index (χ3n) is 7.48. The Hall–Kier alpha value is -3.98. The first kappa shape index (κ1) is 26.3. The van der Waals surface area contributed by atoms with Gasteiger partial charge in [-0.1, -0.05) is 88.2 Å². The molecule has 2 N–H and O–H groups in total. The molecule has 2 aromatic heterocycles. The van der Waals surface area contributed by atoms with E-state index in [9.17, 15) is 15.0 Å². The first-order chi connectivity index (χ1) is 19.3. The topological polar surface area (TPSA) is 114 Å². The van der Waals surface area contributed by atoms with Gasteiger partial charge < -0.3 is 14.7 Å². The van der Waals surface area contributed by atoms with Gasteiger partial charge in [-0.15, -0.1) is 5.10 Å². The summed E-state index contributed by atoms with van der Waals surface area (Å²) in [5.74, 6) is -0.329. The van der Waals surface area contributed by atoms with Gasteiger partial charge in [0.25, 0.3) is 0 Å². The molecular formula is C30H24Cl2N4O4.